The minimum Gasteiger partial charge on any atom is -0.476 e. The third-order valence-corrected chi connectivity index (χ3v) is 2.50. The summed E-state index contributed by atoms with van der Waals surface area (Å²) in [6.45, 7) is -0.424. The molecular weight excluding hydrogens is 239 g/mol. The lowest BCUT2D eigenvalue weighted by Crippen LogP contribution is -2.39. The third-order valence-electron chi connectivity index (χ3n) is 2.50. The first-order valence-electron chi connectivity index (χ1n) is 4.94. The quantitative estimate of drug-likeness (QED) is 0.848. The largest absolute Gasteiger partial charge is 0.476 e. The smallest absolute Gasteiger partial charge is 0.401 e. The van der Waals surface area contributed by atoms with E-state index in [4.69, 9.17) is 5.11 Å². The predicted octanol–water partition coefficient (Wildman–Crippen LogP) is 0.959. The Balaban J connectivity index is 2.11. The fourth-order valence-corrected chi connectivity index (χ4v) is 1.81. The number of nitrogens with zero attached hydrogens (tertiary/aromatic N) is 3. The van der Waals surface area contributed by atoms with Crippen molar-refractivity contribution in [3.63, 3.8) is 0 Å². The molecule has 1 aromatic heterocycles. The first kappa shape index (κ1) is 11.9. The molecule has 94 valence electrons. The number of carboxylic acid groups (broad SMARTS) is 1. The topological polar surface area (TPSA) is 58.4 Å². The normalized spacial score (nSPS) is 16.9. The number of hydrogen-bond donors (Lipinski definition) is 1. The molecule has 0 radical (unpaired) electrons. The van der Waals surface area contributed by atoms with Gasteiger partial charge in [-0.15, -0.1) is 0 Å². The van der Waals surface area contributed by atoms with Crippen molar-refractivity contribution in [2.45, 2.75) is 19.3 Å². The van der Waals surface area contributed by atoms with Gasteiger partial charge in [0.15, 0.2) is 5.69 Å². The van der Waals surface area contributed by atoms with Crippen molar-refractivity contribution in [2.24, 2.45) is 0 Å². The highest BCUT2D eigenvalue weighted by atomic mass is 19.4. The first-order valence-corrected chi connectivity index (χ1v) is 4.94. The van der Waals surface area contributed by atoms with Gasteiger partial charge in [-0.2, -0.15) is 18.3 Å². The number of rotatable bonds is 2. The van der Waals surface area contributed by atoms with E-state index < -0.39 is 18.7 Å². The summed E-state index contributed by atoms with van der Waals surface area (Å²) in [6.07, 6.45) is -4.24. The third kappa shape index (κ3) is 2.76. The van der Waals surface area contributed by atoms with Gasteiger partial charge in [0.2, 0.25) is 0 Å². The molecule has 2 rings (SSSR count). The summed E-state index contributed by atoms with van der Waals surface area (Å²) in [5.74, 6) is -1.17. The van der Waals surface area contributed by atoms with Crippen molar-refractivity contribution in [1.29, 1.82) is 0 Å². The van der Waals surface area contributed by atoms with E-state index in [0.717, 1.165) is 0 Å². The van der Waals surface area contributed by atoms with Crippen molar-refractivity contribution in [1.82, 2.24) is 14.7 Å². The highest BCUT2D eigenvalue weighted by Gasteiger charge is 2.32. The monoisotopic (exact) mass is 249 g/mol. The zero-order valence-electron chi connectivity index (χ0n) is 8.74. The molecule has 1 aliphatic heterocycles. The standard InChI is InChI=1S/C9H10F3N3O2/c10-9(11,12)5-14-1-2-15-6(4-14)3-7(13-15)8(16)17/h3H,1-2,4-5H2,(H,16,17). The van der Waals surface area contributed by atoms with E-state index in [2.05, 4.69) is 5.10 Å². The van der Waals surface area contributed by atoms with Crippen LogP contribution in [-0.4, -0.2) is 45.0 Å². The van der Waals surface area contributed by atoms with E-state index in [1.165, 1.54) is 15.6 Å². The molecular formula is C9H10F3N3O2. The molecule has 0 unspecified atom stereocenters. The molecule has 1 aliphatic rings. The molecule has 0 saturated heterocycles. The Morgan fingerprint density at radius 1 is 1.47 bits per heavy atom. The molecule has 0 fully saturated rings. The van der Waals surface area contributed by atoms with Crippen LogP contribution in [0.15, 0.2) is 6.07 Å². The summed E-state index contributed by atoms with van der Waals surface area (Å²) in [6, 6.07) is 1.31. The molecule has 8 heteroatoms. The average Bonchev–Trinajstić information content (AvgIpc) is 2.57. The van der Waals surface area contributed by atoms with Gasteiger partial charge >= 0.3 is 12.1 Å². The zero-order chi connectivity index (χ0) is 12.6. The summed E-state index contributed by atoms with van der Waals surface area (Å²) in [5.41, 5.74) is 0.367. The number of fused-ring (bicyclic) bond motifs is 1. The molecule has 17 heavy (non-hydrogen) atoms. The Bertz CT molecular complexity index is 441. The molecule has 2 heterocycles. The maximum Gasteiger partial charge on any atom is 0.401 e. The van der Waals surface area contributed by atoms with Gasteiger partial charge in [0.1, 0.15) is 0 Å². The van der Waals surface area contributed by atoms with Crippen LogP contribution in [0, 0.1) is 0 Å². The van der Waals surface area contributed by atoms with Crippen LogP contribution in [0.4, 0.5) is 13.2 Å². The fourth-order valence-electron chi connectivity index (χ4n) is 1.81. The van der Waals surface area contributed by atoms with E-state index in [-0.39, 0.29) is 25.3 Å². The second-order valence-corrected chi connectivity index (χ2v) is 3.88. The van der Waals surface area contributed by atoms with Crippen LogP contribution in [0.5, 0.6) is 0 Å². The van der Waals surface area contributed by atoms with Crippen molar-refractivity contribution in [2.75, 3.05) is 13.1 Å². The summed E-state index contributed by atoms with van der Waals surface area (Å²) >= 11 is 0. The highest BCUT2D eigenvalue weighted by molar-refractivity contribution is 5.85. The van der Waals surface area contributed by atoms with Crippen LogP contribution in [0.3, 0.4) is 0 Å². The molecule has 1 aromatic rings. The van der Waals surface area contributed by atoms with Crippen molar-refractivity contribution in [3.8, 4) is 0 Å². The molecule has 0 aromatic carbocycles. The molecule has 0 atom stereocenters. The van der Waals surface area contributed by atoms with Crippen molar-refractivity contribution >= 4 is 5.97 Å². The number of hydrogen-bond acceptors (Lipinski definition) is 3. The van der Waals surface area contributed by atoms with E-state index in [9.17, 15) is 18.0 Å². The van der Waals surface area contributed by atoms with E-state index in [1.807, 2.05) is 0 Å². The van der Waals surface area contributed by atoms with Crippen molar-refractivity contribution < 1.29 is 23.1 Å². The minimum atomic E-state index is -4.24. The lowest BCUT2D eigenvalue weighted by Gasteiger charge is -2.27. The Morgan fingerprint density at radius 2 is 2.18 bits per heavy atom. The molecule has 0 spiro atoms. The van der Waals surface area contributed by atoms with Gasteiger partial charge in [0.25, 0.3) is 0 Å². The summed E-state index contributed by atoms with van der Waals surface area (Å²) in [7, 11) is 0. The van der Waals surface area contributed by atoms with Gasteiger partial charge < -0.3 is 5.11 Å². The summed E-state index contributed by atoms with van der Waals surface area (Å²) in [5, 5.41) is 12.5. The van der Waals surface area contributed by atoms with Crippen LogP contribution in [0.2, 0.25) is 0 Å². The van der Waals surface area contributed by atoms with Gasteiger partial charge in [-0.3, -0.25) is 9.58 Å². The lowest BCUT2D eigenvalue weighted by molar-refractivity contribution is -0.148. The fraction of sp³-hybridized carbons (Fsp3) is 0.556. The van der Waals surface area contributed by atoms with Crippen LogP contribution < -0.4 is 0 Å². The molecule has 0 bridgehead atoms. The summed E-state index contributed by atoms with van der Waals surface area (Å²) in [4.78, 5) is 11.9. The van der Waals surface area contributed by atoms with Gasteiger partial charge in [-0.25, -0.2) is 4.79 Å². The number of aromatic nitrogens is 2. The van der Waals surface area contributed by atoms with Crippen LogP contribution >= 0.6 is 0 Å². The SMILES string of the molecule is O=C(O)c1cc2n(n1)CCN(CC(F)(F)F)C2. The average molecular weight is 249 g/mol. The second-order valence-electron chi connectivity index (χ2n) is 3.88. The molecule has 0 saturated carbocycles. The van der Waals surface area contributed by atoms with Gasteiger partial charge in [0.05, 0.1) is 18.8 Å². The van der Waals surface area contributed by atoms with Crippen LogP contribution in [0.25, 0.3) is 0 Å². The molecule has 0 aliphatic carbocycles. The van der Waals surface area contributed by atoms with Gasteiger partial charge in [0, 0.05) is 13.1 Å². The highest BCUT2D eigenvalue weighted by Crippen LogP contribution is 2.20. The predicted molar refractivity (Wildman–Crippen MR) is 50.5 cm³/mol. The van der Waals surface area contributed by atoms with Gasteiger partial charge in [-0.05, 0) is 6.07 Å². The first-order chi connectivity index (χ1) is 7.85. The zero-order valence-corrected chi connectivity index (χ0v) is 8.74. The Morgan fingerprint density at radius 3 is 2.76 bits per heavy atom. The van der Waals surface area contributed by atoms with E-state index in [1.54, 1.807) is 0 Å². The maximum absolute atomic E-state index is 12.2. The Labute approximate surface area is 94.4 Å². The number of carbonyl (C=O) groups is 1. The number of halogens is 3. The van der Waals surface area contributed by atoms with E-state index in [0.29, 0.717) is 5.69 Å². The molecule has 0 amide bonds. The Kier molecular flexibility index (Phi) is 2.82. The minimum absolute atomic E-state index is 0.0692. The molecule has 5 nitrogen and oxygen atoms in total. The second kappa shape index (κ2) is 4.02. The molecule has 1 N–H and O–H groups in total. The Hall–Kier alpha value is -1.57. The van der Waals surface area contributed by atoms with Crippen LogP contribution in [-0.2, 0) is 13.1 Å². The lowest BCUT2D eigenvalue weighted by atomic mass is 10.3. The number of alkyl halides is 3. The maximum atomic E-state index is 12.2. The van der Waals surface area contributed by atoms with E-state index >= 15 is 0 Å². The van der Waals surface area contributed by atoms with Gasteiger partial charge in [-0.1, -0.05) is 0 Å². The van der Waals surface area contributed by atoms with Crippen molar-refractivity contribution in [3.05, 3.63) is 17.5 Å². The number of aromatic carboxylic acids is 1. The van der Waals surface area contributed by atoms with Crippen LogP contribution in [0.1, 0.15) is 16.2 Å². The number of carboxylic acids is 1. The summed E-state index contributed by atoms with van der Waals surface area (Å²) < 4.78 is 38.0.